The summed E-state index contributed by atoms with van der Waals surface area (Å²) in [6.45, 7) is 5.45. The number of amides is 2. The number of carbonyl (C=O) groups is 2. The molecule has 0 saturated carbocycles. The highest BCUT2D eigenvalue weighted by atomic mass is 32.1. The number of rotatable bonds is 3. The minimum atomic E-state index is -0.512. The number of thiophene rings is 1. The van der Waals surface area contributed by atoms with Gasteiger partial charge in [0, 0.05) is 11.8 Å². The summed E-state index contributed by atoms with van der Waals surface area (Å²) in [5.74, 6) is -0.396. The molecule has 3 N–H and O–H groups in total. The molecular formula is C10H14N2O2S. The molecule has 0 atom stereocenters. The average Bonchev–Trinajstić information content (AvgIpc) is 2.46. The molecule has 0 aliphatic heterocycles. The van der Waals surface area contributed by atoms with Crippen molar-refractivity contribution < 1.29 is 9.59 Å². The first-order valence-corrected chi connectivity index (χ1v) is 5.44. The topological polar surface area (TPSA) is 72.2 Å². The fourth-order valence-corrected chi connectivity index (χ4v) is 2.24. The van der Waals surface area contributed by atoms with Gasteiger partial charge in [-0.25, -0.2) is 0 Å². The minimum Gasteiger partial charge on any atom is -0.366 e. The first-order chi connectivity index (χ1) is 6.91. The molecule has 15 heavy (non-hydrogen) atoms. The molecule has 4 nitrogen and oxygen atoms in total. The van der Waals surface area contributed by atoms with Gasteiger partial charge in [-0.1, -0.05) is 13.8 Å². The zero-order valence-electron chi connectivity index (χ0n) is 8.96. The van der Waals surface area contributed by atoms with Gasteiger partial charge in [0.1, 0.15) is 5.00 Å². The second-order valence-corrected chi connectivity index (χ2v) is 4.68. The number of nitrogens with one attached hydrogen (secondary N) is 1. The summed E-state index contributed by atoms with van der Waals surface area (Å²) in [6, 6.07) is 1.74. The van der Waals surface area contributed by atoms with Crippen LogP contribution in [-0.4, -0.2) is 11.8 Å². The van der Waals surface area contributed by atoms with Gasteiger partial charge in [-0.05, 0) is 12.0 Å². The van der Waals surface area contributed by atoms with Gasteiger partial charge in [0.25, 0.3) is 5.91 Å². The Labute approximate surface area is 92.5 Å². The van der Waals surface area contributed by atoms with Crippen LogP contribution in [0.25, 0.3) is 0 Å². The highest BCUT2D eigenvalue weighted by molar-refractivity contribution is 7.16. The summed E-state index contributed by atoms with van der Waals surface area (Å²) in [4.78, 5) is 23.1. The molecule has 1 rings (SSSR count). The van der Waals surface area contributed by atoms with Crippen LogP contribution in [-0.2, 0) is 4.79 Å². The molecule has 0 fully saturated rings. The van der Waals surface area contributed by atoms with E-state index in [9.17, 15) is 9.59 Å². The minimum absolute atomic E-state index is 0.199. The molecule has 1 heterocycles. The molecule has 1 aromatic rings. The maximum absolute atomic E-state index is 11.1. The van der Waals surface area contributed by atoms with E-state index in [0.29, 0.717) is 16.5 Å². The zero-order chi connectivity index (χ0) is 11.6. The van der Waals surface area contributed by atoms with Gasteiger partial charge >= 0.3 is 0 Å². The second kappa shape index (κ2) is 4.44. The standard InChI is InChI=1S/C10H14N2O2S/c1-5(2)8-4-7(9(11)14)10(15-8)12-6(3)13/h4-5H,1-3H3,(H2,11,14)(H,12,13). The van der Waals surface area contributed by atoms with Crippen molar-refractivity contribution in [2.24, 2.45) is 5.73 Å². The van der Waals surface area contributed by atoms with E-state index in [1.165, 1.54) is 18.3 Å². The average molecular weight is 226 g/mol. The quantitative estimate of drug-likeness (QED) is 0.826. The number of nitrogens with two attached hydrogens (primary N) is 1. The largest absolute Gasteiger partial charge is 0.366 e. The number of carbonyl (C=O) groups excluding carboxylic acids is 2. The Morgan fingerprint density at radius 1 is 1.47 bits per heavy atom. The van der Waals surface area contributed by atoms with Crippen LogP contribution in [0.1, 0.15) is 41.9 Å². The highest BCUT2D eigenvalue weighted by Crippen LogP contribution is 2.32. The maximum Gasteiger partial charge on any atom is 0.251 e. The zero-order valence-corrected chi connectivity index (χ0v) is 9.77. The van der Waals surface area contributed by atoms with Crippen LogP contribution in [0, 0.1) is 0 Å². The molecule has 82 valence electrons. The van der Waals surface area contributed by atoms with Crippen molar-refractivity contribution in [2.45, 2.75) is 26.7 Å². The van der Waals surface area contributed by atoms with Crippen LogP contribution in [0.3, 0.4) is 0 Å². The van der Waals surface area contributed by atoms with E-state index in [4.69, 9.17) is 5.73 Å². The molecule has 0 aromatic carbocycles. The fraction of sp³-hybridized carbons (Fsp3) is 0.400. The number of primary amides is 1. The Bertz CT molecular complexity index is 396. The predicted molar refractivity (Wildman–Crippen MR) is 61.2 cm³/mol. The number of hydrogen-bond acceptors (Lipinski definition) is 3. The van der Waals surface area contributed by atoms with Gasteiger partial charge in [0.15, 0.2) is 0 Å². The third kappa shape index (κ3) is 2.79. The summed E-state index contributed by atoms with van der Waals surface area (Å²) in [5.41, 5.74) is 5.61. The van der Waals surface area contributed by atoms with Crippen LogP contribution >= 0.6 is 11.3 Å². The smallest absolute Gasteiger partial charge is 0.251 e. The first-order valence-electron chi connectivity index (χ1n) is 4.63. The van der Waals surface area contributed by atoms with Crippen molar-refractivity contribution >= 4 is 28.2 Å². The number of anilines is 1. The molecule has 2 amide bonds. The van der Waals surface area contributed by atoms with Crippen LogP contribution in [0.4, 0.5) is 5.00 Å². The molecule has 0 aliphatic rings. The van der Waals surface area contributed by atoms with Crippen molar-refractivity contribution in [3.05, 3.63) is 16.5 Å². The van der Waals surface area contributed by atoms with Gasteiger partial charge in [0.2, 0.25) is 5.91 Å². The van der Waals surface area contributed by atoms with Crippen molar-refractivity contribution in [3.63, 3.8) is 0 Å². The van der Waals surface area contributed by atoms with E-state index in [1.807, 2.05) is 13.8 Å². The lowest BCUT2D eigenvalue weighted by Crippen LogP contribution is -2.14. The van der Waals surface area contributed by atoms with Crippen LogP contribution in [0.2, 0.25) is 0 Å². The van der Waals surface area contributed by atoms with Gasteiger partial charge < -0.3 is 11.1 Å². The Morgan fingerprint density at radius 2 is 2.07 bits per heavy atom. The van der Waals surface area contributed by atoms with Crippen molar-refractivity contribution in [3.8, 4) is 0 Å². The molecule has 0 spiro atoms. The molecule has 0 saturated heterocycles. The van der Waals surface area contributed by atoms with Gasteiger partial charge in [-0.15, -0.1) is 11.3 Å². The Balaban J connectivity index is 3.11. The van der Waals surface area contributed by atoms with Crippen molar-refractivity contribution in [1.82, 2.24) is 0 Å². The third-order valence-corrected chi connectivity index (χ3v) is 3.23. The van der Waals surface area contributed by atoms with Crippen molar-refractivity contribution in [1.29, 1.82) is 0 Å². The van der Waals surface area contributed by atoms with E-state index in [0.717, 1.165) is 4.88 Å². The molecule has 0 bridgehead atoms. The lowest BCUT2D eigenvalue weighted by Gasteiger charge is -1.99. The summed E-state index contributed by atoms with van der Waals surface area (Å²) in [6.07, 6.45) is 0. The van der Waals surface area contributed by atoms with Gasteiger partial charge in [-0.2, -0.15) is 0 Å². The second-order valence-electron chi connectivity index (χ2n) is 3.59. The normalized spacial score (nSPS) is 10.4. The molecular weight excluding hydrogens is 212 g/mol. The predicted octanol–water partition coefficient (Wildman–Crippen LogP) is 1.93. The van der Waals surface area contributed by atoms with E-state index in [-0.39, 0.29) is 5.91 Å². The first kappa shape index (κ1) is 11.7. The molecule has 0 radical (unpaired) electrons. The Kier molecular flexibility index (Phi) is 3.47. The van der Waals surface area contributed by atoms with Crippen molar-refractivity contribution in [2.75, 3.05) is 5.32 Å². The van der Waals surface area contributed by atoms with E-state index < -0.39 is 5.91 Å². The van der Waals surface area contributed by atoms with E-state index >= 15 is 0 Å². The molecule has 1 aromatic heterocycles. The SMILES string of the molecule is CC(=O)Nc1sc(C(C)C)cc1C(N)=O. The molecule has 0 unspecified atom stereocenters. The van der Waals surface area contributed by atoms with Gasteiger partial charge in [-0.3, -0.25) is 9.59 Å². The molecule has 0 aliphatic carbocycles. The van der Waals surface area contributed by atoms with Crippen LogP contribution in [0.15, 0.2) is 6.07 Å². The third-order valence-electron chi connectivity index (χ3n) is 1.88. The summed E-state index contributed by atoms with van der Waals surface area (Å²) in [7, 11) is 0. The summed E-state index contributed by atoms with van der Waals surface area (Å²) < 4.78 is 0. The van der Waals surface area contributed by atoms with E-state index in [2.05, 4.69) is 5.32 Å². The summed E-state index contributed by atoms with van der Waals surface area (Å²) in [5, 5.41) is 3.15. The lowest BCUT2D eigenvalue weighted by atomic mass is 10.1. The lowest BCUT2D eigenvalue weighted by molar-refractivity contribution is -0.114. The monoisotopic (exact) mass is 226 g/mol. The Morgan fingerprint density at radius 3 is 2.47 bits per heavy atom. The van der Waals surface area contributed by atoms with E-state index in [1.54, 1.807) is 6.07 Å². The summed E-state index contributed by atoms with van der Waals surface area (Å²) >= 11 is 1.39. The van der Waals surface area contributed by atoms with Crippen LogP contribution in [0.5, 0.6) is 0 Å². The molecule has 5 heteroatoms. The van der Waals surface area contributed by atoms with Gasteiger partial charge in [0.05, 0.1) is 5.56 Å². The maximum atomic E-state index is 11.1. The Hall–Kier alpha value is -1.36. The number of hydrogen-bond donors (Lipinski definition) is 2. The highest BCUT2D eigenvalue weighted by Gasteiger charge is 2.15. The fourth-order valence-electron chi connectivity index (χ4n) is 1.13. The van der Waals surface area contributed by atoms with Crippen LogP contribution < -0.4 is 11.1 Å².